The van der Waals surface area contributed by atoms with Crippen LogP contribution in [0.1, 0.15) is 0 Å². The molecule has 0 unspecified atom stereocenters. The van der Waals surface area contributed by atoms with Crippen molar-refractivity contribution in [2.45, 2.75) is 0 Å². The number of pyridine rings is 2. The summed E-state index contributed by atoms with van der Waals surface area (Å²) in [4.78, 5) is 8.85. The Bertz CT molecular complexity index is 1410. The van der Waals surface area contributed by atoms with Crippen LogP contribution in [0.2, 0.25) is 0 Å². The molecule has 0 bridgehead atoms. The maximum absolute atomic E-state index is 4.55. The molecule has 4 heterocycles. The molecule has 3 nitrogen and oxygen atoms in total. The summed E-state index contributed by atoms with van der Waals surface area (Å²) >= 11 is 1.85. The first kappa shape index (κ1) is 12.4. The molecule has 0 aliphatic rings. The van der Waals surface area contributed by atoms with Crippen molar-refractivity contribution in [1.82, 2.24) is 14.4 Å². The molecule has 0 amide bonds. The van der Waals surface area contributed by atoms with Gasteiger partial charge in [-0.05, 0) is 29.7 Å². The average molecular weight is 325 g/mol. The van der Waals surface area contributed by atoms with Gasteiger partial charge in [0.15, 0.2) is 0 Å². The van der Waals surface area contributed by atoms with Crippen LogP contribution in [0.25, 0.3) is 47.5 Å². The second-order valence-electron chi connectivity index (χ2n) is 6.01. The van der Waals surface area contributed by atoms with Crippen LogP contribution >= 0.6 is 11.3 Å². The van der Waals surface area contributed by atoms with Gasteiger partial charge < -0.3 is 0 Å². The zero-order valence-corrected chi connectivity index (χ0v) is 13.4. The van der Waals surface area contributed by atoms with E-state index in [0.717, 1.165) is 11.0 Å². The lowest BCUT2D eigenvalue weighted by Crippen LogP contribution is -1.90. The van der Waals surface area contributed by atoms with Crippen LogP contribution in [-0.4, -0.2) is 14.4 Å². The average Bonchev–Trinajstić information content (AvgIpc) is 3.25. The third-order valence-corrected chi connectivity index (χ3v) is 5.88. The fourth-order valence-electron chi connectivity index (χ4n) is 3.68. The van der Waals surface area contributed by atoms with E-state index in [1.165, 1.54) is 36.5 Å². The molecule has 0 saturated heterocycles. The van der Waals surface area contributed by atoms with Gasteiger partial charge in [-0.1, -0.05) is 18.2 Å². The second kappa shape index (κ2) is 4.30. The monoisotopic (exact) mass is 325 g/mol. The highest BCUT2D eigenvalue weighted by atomic mass is 32.1. The summed E-state index contributed by atoms with van der Waals surface area (Å²) in [6.45, 7) is 0. The number of rotatable bonds is 0. The van der Waals surface area contributed by atoms with Gasteiger partial charge in [-0.25, -0.2) is 4.98 Å². The summed E-state index contributed by atoms with van der Waals surface area (Å²) in [5, 5.41) is 6.19. The predicted molar refractivity (Wildman–Crippen MR) is 101 cm³/mol. The van der Waals surface area contributed by atoms with Crippen molar-refractivity contribution in [3.63, 3.8) is 0 Å². The van der Waals surface area contributed by atoms with E-state index in [-0.39, 0.29) is 0 Å². The van der Waals surface area contributed by atoms with Gasteiger partial charge in [0.2, 0.25) is 0 Å². The minimum atomic E-state index is 0.964. The molecule has 0 N–H and O–H groups in total. The first-order chi connectivity index (χ1) is 11.9. The van der Waals surface area contributed by atoms with E-state index in [2.05, 4.69) is 56.8 Å². The number of nitrogens with zero attached hydrogens (tertiary/aromatic N) is 3. The molecule has 0 aliphatic heterocycles. The molecule has 4 heteroatoms. The molecule has 0 saturated carbocycles. The quantitative estimate of drug-likeness (QED) is 0.350. The van der Waals surface area contributed by atoms with Crippen molar-refractivity contribution in [1.29, 1.82) is 0 Å². The zero-order valence-electron chi connectivity index (χ0n) is 12.6. The van der Waals surface area contributed by atoms with Crippen molar-refractivity contribution in [3.05, 3.63) is 67.3 Å². The Balaban J connectivity index is 1.97. The molecule has 0 spiro atoms. The first-order valence-electron chi connectivity index (χ1n) is 7.84. The molecule has 0 fully saturated rings. The van der Waals surface area contributed by atoms with Crippen LogP contribution in [0.15, 0.2) is 67.3 Å². The van der Waals surface area contributed by atoms with Gasteiger partial charge in [0.25, 0.3) is 0 Å². The van der Waals surface area contributed by atoms with E-state index < -0.39 is 0 Å². The predicted octanol–water partition coefficient (Wildman–Crippen LogP) is 5.40. The van der Waals surface area contributed by atoms with Crippen molar-refractivity contribution < 1.29 is 0 Å². The van der Waals surface area contributed by atoms with E-state index in [4.69, 9.17) is 0 Å². The van der Waals surface area contributed by atoms with Gasteiger partial charge in [-0.2, -0.15) is 0 Å². The van der Waals surface area contributed by atoms with Crippen molar-refractivity contribution in [2.24, 2.45) is 0 Å². The molecule has 0 radical (unpaired) electrons. The molecule has 24 heavy (non-hydrogen) atoms. The number of fused-ring (bicyclic) bond motifs is 9. The van der Waals surface area contributed by atoms with Crippen LogP contribution in [-0.2, 0) is 0 Å². The Kier molecular flexibility index (Phi) is 2.23. The Labute approximate surface area is 140 Å². The normalized spacial score (nSPS) is 12.2. The van der Waals surface area contributed by atoms with Crippen LogP contribution in [0.3, 0.4) is 0 Å². The maximum atomic E-state index is 4.55. The maximum Gasteiger partial charge on any atom is 0.146 e. The molecular weight excluding hydrogens is 314 g/mol. The molecular formula is C20H11N3S. The van der Waals surface area contributed by atoms with Gasteiger partial charge >= 0.3 is 0 Å². The van der Waals surface area contributed by atoms with Gasteiger partial charge in [0.05, 0.1) is 5.52 Å². The highest BCUT2D eigenvalue weighted by Gasteiger charge is 2.12. The molecule has 112 valence electrons. The van der Waals surface area contributed by atoms with Crippen LogP contribution in [0.5, 0.6) is 0 Å². The Hall–Kier alpha value is -2.98. The van der Waals surface area contributed by atoms with Gasteiger partial charge in [-0.3, -0.25) is 9.38 Å². The second-order valence-corrected chi connectivity index (χ2v) is 7.09. The number of hydrogen-bond acceptors (Lipinski definition) is 3. The number of benzene rings is 2. The van der Waals surface area contributed by atoms with Gasteiger partial charge in [0, 0.05) is 55.7 Å². The summed E-state index contributed by atoms with van der Waals surface area (Å²) in [6.07, 6.45) is 7.66. The standard InChI is InChI=1S/C20H11N3S/c1-2-4-18-13(3-1)15-9-14-12-5-6-21-11-16(12)20-22-7-8-23(20)17(14)10-19(15)24-18/h1-11H. The summed E-state index contributed by atoms with van der Waals surface area (Å²) in [6, 6.07) is 15.3. The lowest BCUT2D eigenvalue weighted by atomic mass is 10.0. The number of hydrogen-bond donors (Lipinski definition) is 0. The van der Waals surface area contributed by atoms with Crippen molar-refractivity contribution >= 4 is 58.8 Å². The fourth-order valence-corrected chi connectivity index (χ4v) is 4.80. The SMILES string of the molecule is c1ccc2c(c1)sc1cc3c(cc12)c1ccncc1c1nccn31. The Morgan fingerprint density at radius 2 is 1.75 bits per heavy atom. The van der Waals surface area contributed by atoms with Crippen molar-refractivity contribution in [3.8, 4) is 0 Å². The van der Waals surface area contributed by atoms with E-state index in [1.807, 2.05) is 36.1 Å². The Morgan fingerprint density at radius 1 is 0.792 bits per heavy atom. The lowest BCUT2D eigenvalue weighted by Gasteiger charge is -2.08. The van der Waals surface area contributed by atoms with Gasteiger partial charge in [-0.15, -0.1) is 11.3 Å². The first-order valence-corrected chi connectivity index (χ1v) is 8.65. The number of thiophene rings is 1. The van der Waals surface area contributed by atoms with E-state index >= 15 is 0 Å². The fraction of sp³-hybridized carbons (Fsp3) is 0. The van der Waals surface area contributed by atoms with Gasteiger partial charge in [0.1, 0.15) is 5.65 Å². The molecule has 6 rings (SSSR count). The van der Waals surface area contributed by atoms with E-state index in [0.29, 0.717) is 0 Å². The highest BCUT2D eigenvalue weighted by Crippen LogP contribution is 2.38. The third kappa shape index (κ3) is 1.46. The van der Waals surface area contributed by atoms with Crippen LogP contribution < -0.4 is 0 Å². The largest absolute Gasteiger partial charge is 0.299 e. The highest BCUT2D eigenvalue weighted by molar-refractivity contribution is 7.25. The van der Waals surface area contributed by atoms with E-state index in [1.54, 1.807) is 0 Å². The minimum absolute atomic E-state index is 0.964. The molecule has 2 aromatic carbocycles. The number of aromatic nitrogens is 3. The smallest absolute Gasteiger partial charge is 0.146 e. The minimum Gasteiger partial charge on any atom is -0.299 e. The molecule has 0 atom stereocenters. The molecule has 0 aliphatic carbocycles. The summed E-state index contributed by atoms with van der Waals surface area (Å²) in [7, 11) is 0. The lowest BCUT2D eigenvalue weighted by molar-refractivity contribution is 1.27. The van der Waals surface area contributed by atoms with Crippen LogP contribution in [0.4, 0.5) is 0 Å². The summed E-state index contributed by atoms with van der Waals surface area (Å²) in [5.74, 6) is 0. The molecule has 4 aromatic heterocycles. The zero-order chi connectivity index (χ0) is 15.7. The molecule has 6 aromatic rings. The van der Waals surface area contributed by atoms with Crippen LogP contribution in [0, 0.1) is 0 Å². The topological polar surface area (TPSA) is 30.2 Å². The van der Waals surface area contributed by atoms with Crippen molar-refractivity contribution in [2.75, 3.05) is 0 Å². The number of imidazole rings is 1. The third-order valence-electron chi connectivity index (χ3n) is 4.75. The Morgan fingerprint density at radius 3 is 2.75 bits per heavy atom. The summed E-state index contributed by atoms with van der Waals surface area (Å²) < 4.78 is 4.81. The summed E-state index contributed by atoms with van der Waals surface area (Å²) in [5.41, 5.74) is 2.16. The van der Waals surface area contributed by atoms with E-state index in [9.17, 15) is 0 Å².